The van der Waals surface area contributed by atoms with Gasteiger partial charge in [-0.2, -0.15) is 0 Å². The van der Waals surface area contributed by atoms with Gasteiger partial charge in [-0.3, -0.25) is 0 Å². The summed E-state index contributed by atoms with van der Waals surface area (Å²) in [5.41, 5.74) is -1.01. The fourth-order valence-electron chi connectivity index (χ4n) is 3.67. The Labute approximate surface area is 159 Å². The van der Waals surface area contributed by atoms with E-state index in [1.165, 1.54) is 0 Å². The number of halogens is 1. The number of rotatable bonds is 5. The number of amides is 1. The lowest BCUT2D eigenvalue weighted by molar-refractivity contribution is -0.176. The topological polar surface area (TPSA) is 81.1 Å². The van der Waals surface area contributed by atoms with E-state index in [0.29, 0.717) is 30.8 Å². The Bertz CT molecular complexity index is 662. The molecule has 0 unspecified atom stereocenters. The summed E-state index contributed by atoms with van der Waals surface area (Å²) in [7, 11) is 0. The Morgan fingerprint density at radius 2 is 1.88 bits per heavy atom. The van der Waals surface area contributed by atoms with E-state index < -0.39 is 23.2 Å². The normalized spacial score (nSPS) is 24.3. The van der Waals surface area contributed by atoms with Gasteiger partial charge in [0.05, 0.1) is 5.60 Å². The summed E-state index contributed by atoms with van der Waals surface area (Å²) >= 11 is 5.95. The van der Waals surface area contributed by atoms with E-state index in [2.05, 4.69) is 0 Å². The molecule has 1 aliphatic rings. The second kappa shape index (κ2) is 7.55. The average Bonchev–Trinajstić information content (AvgIpc) is 2.55. The summed E-state index contributed by atoms with van der Waals surface area (Å²) in [6.07, 6.45) is -0.149. The molecule has 26 heavy (non-hydrogen) atoms. The largest absolute Gasteiger partial charge is 0.464 e. The number of aliphatic hydroxyl groups is 1. The van der Waals surface area contributed by atoms with Gasteiger partial charge in [0.2, 0.25) is 0 Å². The van der Waals surface area contributed by atoms with E-state index in [1.54, 1.807) is 29.3 Å². The first-order valence-corrected chi connectivity index (χ1v) is 9.12. The van der Waals surface area contributed by atoms with Crippen molar-refractivity contribution in [3.05, 3.63) is 34.9 Å². The van der Waals surface area contributed by atoms with Crippen LogP contribution in [-0.2, 0) is 10.4 Å². The van der Waals surface area contributed by atoms with E-state index in [-0.39, 0.29) is 5.92 Å². The van der Waals surface area contributed by atoms with Crippen LogP contribution in [0.1, 0.15) is 39.7 Å². The highest BCUT2D eigenvalue weighted by molar-refractivity contribution is 6.30. The van der Waals surface area contributed by atoms with Crippen LogP contribution in [0.4, 0.5) is 4.79 Å². The fraction of sp³-hybridized carbons (Fsp3) is 0.579. The number of aldehydes is 1. The van der Waals surface area contributed by atoms with Gasteiger partial charge in [-0.25, -0.2) is 14.8 Å². The Balaban J connectivity index is 2.32. The van der Waals surface area contributed by atoms with Gasteiger partial charge in [-0.1, -0.05) is 51.4 Å². The highest BCUT2D eigenvalue weighted by atomic mass is 35.5. The SMILES string of the molecule is CC(C)[C@H](C=O)N(C(=O)O)N1CC[C@](O)(c2ccc(Cl)cc2)C(C)(C)C1. The van der Waals surface area contributed by atoms with Gasteiger partial charge in [0.15, 0.2) is 0 Å². The van der Waals surface area contributed by atoms with Gasteiger partial charge in [0.25, 0.3) is 0 Å². The number of carbonyl (C=O) groups excluding carboxylic acids is 1. The van der Waals surface area contributed by atoms with E-state index in [0.717, 1.165) is 10.6 Å². The molecule has 0 saturated carbocycles. The van der Waals surface area contributed by atoms with Gasteiger partial charge < -0.3 is 15.0 Å². The number of benzene rings is 1. The zero-order valence-corrected chi connectivity index (χ0v) is 16.4. The summed E-state index contributed by atoms with van der Waals surface area (Å²) in [5.74, 6) is -0.149. The van der Waals surface area contributed by atoms with Gasteiger partial charge in [0, 0.05) is 23.5 Å². The first kappa shape index (κ1) is 20.7. The Hall–Kier alpha value is -1.63. The van der Waals surface area contributed by atoms with Crippen molar-refractivity contribution in [2.45, 2.75) is 45.8 Å². The molecular weight excluding hydrogens is 356 g/mol. The third kappa shape index (κ3) is 3.72. The minimum Gasteiger partial charge on any atom is -0.464 e. The molecule has 2 atom stereocenters. The minimum atomic E-state index is -1.16. The molecule has 1 amide bonds. The molecule has 1 heterocycles. The van der Waals surface area contributed by atoms with Crippen LogP contribution >= 0.6 is 11.6 Å². The highest BCUT2D eigenvalue weighted by Gasteiger charge is 2.51. The fourth-order valence-corrected chi connectivity index (χ4v) is 3.80. The van der Waals surface area contributed by atoms with Crippen molar-refractivity contribution in [2.24, 2.45) is 11.3 Å². The van der Waals surface area contributed by atoms with E-state index >= 15 is 0 Å². The first-order valence-electron chi connectivity index (χ1n) is 8.74. The Morgan fingerprint density at radius 3 is 2.31 bits per heavy atom. The molecule has 1 aromatic carbocycles. The number of hydrogen-bond donors (Lipinski definition) is 2. The number of hydrogen-bond acceptors (Lipinski definition) is 4. The van der Waals surface area contributed by atoms with E-state index in [1.807, 2.05) is 27.7 Å². The van der Waals surface area contributed by atoms with Crippen LogP contribution in [0.5, 0.6) is 0 Å². The van der Waals surface area contributed by atoms with Crippen molar-refractivity contribution in [3.63, 3.8) is 0 Å². The maximum Gasteiger partial charge on any atom is 0.422 e. The van der Waals surface area contributed by atoms with Crippen LogP contribution in [0.15, 0.2) is 24.3 Å². The van der Waals surface area contributed by atoms with Crippen molar-refractivity contribution < 1.29 is 19.8 Å². The zero-order valence-electron chi connectivity index (χ0n) is 15.6. The quantitative estimate of drug-likeness (QED) is 0.763. The molecule has 0 bridgehead atoms. The number of hydrazine groups is 1. The minimum absolute atomic E-state index is 0.149. The van der Waals surface area contributed by atoms with E-state index in [4.69, 9.17) is 11.6 Å². The molecule has 0 radical (unpaired) electrons. The summed E-state index contributed by atoms with van der Waals surface area (Å²) in [4.78, 5) is 23.3. The van der Waals surface area contributed by atoms with Crippen molar-refractivity contribution in [1.82, 2.24) is 10.0 Å². The van der Waals surface area contributed by atoms with Gasteiger partial charge >= 0.3 is 6.09 Å². The van der Waals surface area contributed by atoms with Crippen molar-refractivity contribution in [2.75, 3.05) is 13.1 Å². The summed E-state index contributed by atoms with van der Waals surface area (Å²) < 4.78 is 0. The van der Waals surface area contributed by atoms with Crippen molar-refractivity contribution >= 4 is 24.0 Å². The molecule has 0 spiro atoms. The van der Waals surface area contributed by atoms with Crippen LogP contribution in [0, 0.1) is 11.3 Å². The number of nitrogens with zero attached hydrogens (tertiary/aromatic N) is 2. The summed E-state index contributed by atoms with van der Waals surface area (Å²) in [5, 5.41) is 24.4. The van der Waals surface area contributed by atoms with Gasteiger partial charge in [-0.15, -0.1) is 0 Å². The predicted octanol–water partition coefficient (Wildman–Crippen LogP) is 3.38. The third-order valence-corrected chi connectivity index (χ3v) is 5.61. The second-order valence-corrected chi connectivity index (χ2v) is 8.32. The Morgan fingerprint density at radius 1 is 1.31 bits per heavy atom. The number of carbonyl (C=O) groups is 2. The van der Waals surface area contributed by atoms with Crippen LogP contribution < -0.4 is 0 Å². The van der Waals surface area contributed by atoms with Gasteiger partial charge in [0.1, 0.15) is 12.3 Å². The molecule has 1 aromatic rings. The maximum atomic E-state index is 11.8. The molecule has 1 fully saturated rings. The zero-order chi connectivity index (χ0) is 19.7. The Kier molecular flexibility index (Phi) is 6.00. The van der Waals surface area contributed by atoms with E-state index in [9.17, 15) is 19.8 Å². The van der Waals surface area contributed by atoms with Crippen molar-refractivity contribution in [3.8, 4) is 0 Å². The number of carboxylic acid groups (broad SMARTS) is 1. The predicted molar refractivity (Wildman–Crippen MR) is 99.9 cm³/mol. The summed E-state index contributed by atoms with van der Waals surface area (Å²) in [6, 6.07) is 6.32. The molecule has 0 aliphatic carbocycles. The van der Waals surface area contributed by atoms with Crippen LogP contribution in [0.2, 0.25) is 5.02 Å². The maximum absolute atomic E-state index is 11.8. The van der Waals surface area contributed by atoms with Crippen LogP contribution in [0.25, 0.3) is 0 Å². The number of piperidine rings is 1. The standard InChI is InChI=1S/C19H27ClN2O4/c1-13(2)16(11-23)22(17(24)25)21-10-9-19(26,18(3,4)12-21)14-5-7-15(20)8-6-14/h5-8,11,13,16,26H,9-10,12H2,1-4H3,(H,24,25)/t16-,19-/m0/s1. The third-order valence-electron chi connectivity index (χ3n) is 5.36. The average molecular weight is 383 g/mol. The van der Waals surface area contributed by atoms with Crippen LogP contribution in [0.3, 0.4) is 0 Å². The molecule has 2 rings (SSSR count). The van der Waals surface area contributed by atoms with Gasteiger partial charge in [-0.05, 0) is 30.0 Å². The lowest BCUT2D eigenvalue weighted by Gasteiger charge is -2.53. The molecule has 6 nitrogen and oxygen atoms in total. The monoisotopic (exact) mass is 382 g/mol. The van der Waals surface area contributed by atoms with Crippen LogP contribution in [-0.4, -0.2) is 51.7 Å². The molecule has 144 valence electrons. The lowest BCUT2D eigenvalue weighted by Crippen LogP contribution is -2.63. The lowest BCUT2D eigenvalue weighted by atomic mass is 9.67. The second-order valence-electron chi connectivity index (χ2n) is 7.89. The molecule has 0 aromatic heterocycles. The molecule has 7 heteroatoms. The molecular formula is C19H27ClN2O4. The highest BCUT2D eigenvalue weighted by Crippen LogP contribution is 2.46. The first-order chi connectivity index (χ1) is 12.0. The summed E-state index contributed by atoms with van der Waals surface area (Å²) in [6.45, 7) is 8.06. The van der Waals surface area contributed by atoms with Crippen molar-refractivity contribution in [1.29, 1.82) is 0 Å². The molecule has 1 aliphatic heterocycles. The molecule has 2 N–H and O–H groups in total. The molecule has 1 saturated heterocycles. The smallest absolute Gasteiger partial charge is 0.422 e.